The van der Waals surface area contributed by atoms with Crippen LogP contribution in [0.5, 0.6) is 11.5 Å². The van der Waals surface area contributed by atoms with E-state index < -0.39 is 34.8 Å². The number of amides is 2. The molecule has 0 radical (unpaired) electrons. The van der Waals surface area contributed by atoms with E-state index in [1.807, 2.05) is 24.3 Å². The second-order valence-corrected chi connectivity index (χ2v) is 19.7. The van der Waals surface area contributed by atoms with Crippen LogP contribution in [0.15, 0.2) is 116 Å². The number of piperidine rings is 2. The molecule has 8 heterocycles. The minimum absolute atomic E-state index is 0.317. The summed E-state index contributed by atoms with van der Waals surface area (Å²) >= 11 is 0. The third kappa shape index (κ3) is 10.2. The molecule has 2 atom stereocenters. The van der Waals surface area contributed by atoms with Crippen molar-refractivity contribution >= 4 is 23.2 Å². The van der Waals surface area contributed by atoms with E-state index >= 15 is 0 Å². The number of ether oxygens (including phenoxy) is 2. The van der Waals surface area contributed by atoms with Gasteiger partial charge in [0.15, 0.2) is 23.3 Å². The molecule has 12 rings (SSSR count). The topological polar surface area (TPSA) is 251 Å². The second kappa shape index (κ2) is 21.1. The zero-order valence-electron chi connectivity index (χ0n) is 41.7. The molecule has 4 aromatic heterocycles. The van der Waals surface area contributed by atoms with Crippen LogP contribution in [0.3, 0.4) is 0 Å². The highest BCUT2D eigenvalue weighted by atomic mass is 19.1. The number of nitrogens with zero attached hydrogens (tertiary/aromatic N) is 9. The monoisotopic (exact) mass is 1040 g/mol. The number of carbonyl (C=O) groups is 2. The lowest BCUT2D eigenvalue weighted by Crippen LogP contribution is -2.47. The van der Waals surface area contributed by atoms with Gasteiger partial charge in [0.25, 0.3) is 11.8 Å². The van der Waals surface area contributed by atoms with Gasteiger partial charge in [-0.25, -0.2) is 38.7 Å². The molecule has 2 saturated heterocycles. The van der Waals surface area contributed by atoms with Gasteiger partial charge < -0.3 is 36.1 Å². The number of aromatic nitrogens is 10. The van der Waals surface area contributed by atoms with Crippen LogP contribution in [0.4, 0.5) is 20.2 Å². The summed E-state index contributed by atoms with van der Waals surface area (Å²) in [7, 11) is 0. The van der Waals surface area contributed by atoms with Crippen LogP contribution in [0, 0.1) is 11.6 Å². The van der Waals surface area contributed by atoms with Crippen molar-refractivity contribution in [2.75, 3.05) is 50.0 Å². The fraction of sp³-hybridized carbons (Fsp3) is 0.309. The van der Waals surface area contributed by atoms with Crippen LogP contribution in [0.2, 0.25) is 0 Å². The average molecular weight is 1040 g/mol. The molecule has 392 valence electrons. The number of rotatable bonds is 14. The van der Waals surface area contributed by atoms with Crippen molar-refractivity contribution in [1.29, 1.82) is 0 Å². The van der Waals surface area contributed by atoms with E-state index in [4.69, 9.17) is 24.4 Å². The normalized spacial score (nSPS) is 18.6. The Morgan fingerprint density at radius 3 is 1.75 bits per heavy atom. The van der Waals surface area contributed by atoms with Gasteiger partial charge in [-0.2, -0.15) is 10.2 Å². The Hall–Kier alpha value is -8.76. The lowest BCUT2D eigenvalue weighted by Gasteiger charge is -2.41. The van der Waals surface area contributed by atoms with Crippen LogP contribution in [0.25, 0.3) is 23.0 Å². The zero-order valence-corrected chi connectivity index (χ0v) is 41.7. The van der Waals surface area contributed by atoms with E-state index in [1.165, 1.54) is 18.5 Å². The number of nitrogens with one attached hydrogen (secondary N) is 7. The predicted molar refractivity (Wildman–Crippen MR) is 278 cm³/mol. The summed E-state index contributed by atoms with van der Waals surface area (Å²) in [4.78, 5) is 57.7. The molecule has 20 nitrogen and oxygen atoms in total. The van der Waals surface area contributed by atoms with Crippen molar-refractivity contribution in [2.45, 2.75) is 68.2 Å². The molecule has 7 N–H and O–H groups in total. The van der Waals surface area contributed by atoms with E-state index in [0.717, 1.165) is 18.8 Å². The summed E-state index contributed by atoms with van der Waals surface area (Å²) in [5, 5.41) is 32.6. The number of benzene rings is 4. The fourth-order valence-electron chi connectivity index (χ4n) is 10.8. The first kappa shape index (κ1) is 49.1. The maximum atomic E-state index is 15.0. The highest BCUT2D eigenvalue weighted by Crippen LogP contribution is 2.39. The van der Waals surface area contributed by atoms with Crippen LogP contribution in [-0.2, 0) is 17.6 Å². The first-order valence-corrected chi connectivity index (χ1v) is 25.8. The number of anilines is 2. The maximum Gasteiger partial charge on any atom is 0.251 e. The molecule has 77 heavy (non-hydrogen) atoms. The molecule has 0 unspecified atom stereocenters. The van der Waals surface area contributed by atoms with Gasteiger partial charge >= 0.3 is 0 Å². The number of hydrogen-bond acceptors (Lipinski definition) is 16. The number of likely N-dealkylation sites (tertiary alicyclic amines) is 1. The number of hydrogen-bond donors (Lipinski definition) is 7. The molecule has 0 spiro atoms. The van der Waals surface area contributed by atoms with E-state index in [2.05, 4.69) is 66.8 Å². The maximum absolute atomic E-state index is 15.0. The number of carbonyl (C=O) groups excluding carboxylic acids is 2. The first-order chi connectivity index (χ1) is 37.7. The number of halogens is 2. The van der Waals surface area contributed by atoms with Crippen LogP contribution >= 0.6 is 0 Å². The van der Waals surface area contributed by atoms with Gasteiger partial charge in [0, 0.05) is 60.8 Å². The highest BCUT2D eigenvalue weighted by molar-refractivity contribution is 5.96. The molecule has 4 aliphatic rings. The van der Waals surface area contributed by atoms with E-state index in [1.54, 1.807) is 73.1 Å². The quantitative estimate of drug-likeness (QED) is 0.0584. The Kier molecular flexibility index (Phi) is 13.5. The van der Waals surface area contributed by atoms with E-state index in [-0.39, 0.29) is 11.8 Å². The molecule has 22 heteroatoms. The summed E-state index contributed by atoms with van der Waals surface area (Å²) in [5.74, 6) is 2.09. The molecule has 4 aromatic carbocycles. The summed E-state index contributed by atoms with van der Waals surface area (Å²) < 4.78 is 41.2. The lowest BCUT2D eigenvalue weighted by molar-refractivity contribution is 0.0914. The third-order valence-electron chi connectivity index (χ3n) is 14.8. The van der Waals surface area contributed by atoms with E-state index in [0.29, 0.717) is 151 Å². The van der Waals surface area contributed by atoms with Crippen molar-refractivity contribution in [2.24, 2.45) is 0 Å². The standard InChI is InChI=1S/C55H54F2N16O4/c56-37-9-3-11-43-46(37)39(15-27-76-43)63-50(74)33-5-1-7-35(29-33)67-54(17-23-58-24-18-54)52-66-49(70-71-52)42-14-22-60-45(62-42)31-73-25-19-55(20-26-73,53-65-48(69-72-53)41-13-21-59-32-61-41)68-36-8-2-6-34(30-36)51(75)64-40-16-28-77-44-12-4-10-38(57)47(40)44/h1-14,21-22,29-30,32,39-40,58,67-68H,15-20,23-28,31H2,(H,63,74)(H,64,75)(H,65,69,72)(H,66,70,71)/t39-,40+/m1/s1. The molecule has 0 bridgehead atoms. The molecule has 0 saturated carbocycles. The molecule has 2 amide bonds. The molecular weight excluding hydrogens is 987 g/mol. The predicted octanol–water partition coefficient (Wildman–Crippen LogP) is 6.92. The number of H-pyrrole nitrogens is 2. The Morgan fingerprint density at radius 1 is 0.636 bits per heavy atom. The largest absolute Gasteiger partial charge is 0.493 e. The van der Waals surface area contributed by atoms with Crippen LogP contribution in [0.1, 0.15) is 99.9 Å². The Labute approximate surface area is 440 Å². The fourth-order valence-corrected chi connectivity index (χ4v) is 10.8. The van der Waals surface area contributed by atoms with Gasteiger partial charge in [0.05, 0.1) is 54.0 Å². The molecule has 2 fully saturated rings. The summed E-state index contributed by atoms with van der Waals surface area (Å²) in [6.45, 7) is 3.87. The Morgan fingerprint density at radius 2 is 1.18 bits per heavy atom. The Balaban J connectivity index is 0.737. The molecule has 8 aromatic rings. The van der Waals surface area contributed by atoms with E-state index in [9.17, 15) is 18.4 Å². The number of fused-ring (bicyclic) bond motifs is 2. The summed E-state index contributed by atoms with van der Waals surface area (Å²) in [6, 6.07) is 26.4. The van der Waals surface area contributed by atoms with Crippen LogP contribution in [-0.4, -0.2) is 106 Å². The second-order valence-electron chi connectivity index (χ2n) is 19.7. The molecular formula is C55H54F2N16O4. The van der Waals surface area contributed by atoms with Crippen molar-refractivity contribution in [3.63, 3.8) is 0 Å². The average Bonchev–Trinajstić information content (AvgIpc) is 4.19. The lowest BCUT2D eigenvalue weighted by atomic mass is 9.86. The van der Waals surface area contributed by atoms with Crippen molar-refractivity contribution in [1.82, 2.24) is 71.1 Å². The van der Waals surface area contributed by atoms with Gasteiger partial charge in [0.2, 0.25) is 0 Å². The Bertz CT molecular complexity index is 3440. The summed E-state index contributed by atoms with van der Waals surface area (Å²) in [6.07, 6.45) is 8.24. The van der Waals surface area contributed by atoms with Crippen molar-refractivity contribution < 1.29 is 27.8 Å². The van der Waals surface area contributed by atoms with Gasteiger partial charge in [-0.05, 0) is 112 Å². The number of aromatic amines is 2. The molecule has 0 aliphatic carbocycles. The third-order valence-corrected chi connectivity index (χ3v) is 14.8. The van der Waals surface area contributed by atoms with Gasteiger partial charge in [-0.3, -0.25) is 24.7 Å². The van der Waals surface area contributed by atoms with Crippen LogP contribution < -0.4 is 36.1 Å². The minimum atomic E-state index is -0.741. The smallest absolute Gasteiger partial charge is 0.251 e. The first-order valence-electron chi connectivity index (χ1n) is 25.8. The molecule has 4 aliphatic heterocycles. The van der Waals surface area contributed by atoms with Gasteiger partial charge in [-0.1, -0.05) is 24.3 Å². The van der Waals surface area contributed by atoms with Gasteiger partial charge in [-0.15, -0.1) is 0 Å². The van der Waals surface area contributed by atoms with Gasteiger partial charge in [0.1, 0.15) is 46.7 Å². The zero-order chi connectivity index (χ0) is 52.3. The minimum Gasteiger partial charge on any atom is -0.493 e. The van der Waals surface area contributed by atoms with Crippen molar-refractivity contribution in [3.8, 4) is 34.5 Å². The summed E-state index contributed by atoms with van der Waals surface area (Å²) in [5.41, 5.74) is 2.71. The SMILES string of the molecule is O=C(N[C@H]1CCOc2cccc(F)c21)c1cccc(NC2(c3nc(-c4ccncn4)n[nH]3)CCN(Cc3nccc(-c4n[nH]c(C5(Nc6cccc(C(=O)N[C@@H]7CCOc8cccc(F)c87)c6)CCNCC5)n4)n3)CC2)c1. The highest BCUT2D eigenvalue weighted by Gasteiger charge is 2.41. The van der Waals surface area contributed by atoms with Crippen molar-refractivity contribution in [3.05, 3.63) is 167 Å².